The van der Waals surface area contributed by atoms with Gasteiger partial charge < -0.3 is 10.5 Å². The molecule has 0 spiro atoms. The van der Waals surface area contributed by atoms with Gasteiger partial charge in [-0.3, -0.25) is 0 Å². The zero-order valence-corrected chi connectivity index (χ0v) is 10.6. The molecule has 0 aromatic heterocycles. The number of anilines is 1. The van der Waals surface area contributed by atoms with Gasteiger partial charge in [-0.2, -0.15) is 0 Å². The molecule has 0 heterocycles. The van der Waals surface area contributed by atoms with Crippen molar-refractivity contribution < 1.29 is 22.7 Å². The van der Waals surface area contributed by atoms with Crippen LogP contribution >= 0.6 is 0 Å². The standard InChI is InChI=1S/C13H16F3NO2/c1-2-3-4-5-6-19-13(18)8-7-9(14)11(16)12(17)10(8)15/h7H,2-6,17H2,1H3. The summed E-state index contributed by atoms with van der Waals surface area (Å²) >= 11 is 0. The number of esters is 1. The molecule has 1 aromatic rings. The van der Waals surface area contributed by atoms with Crippen molar-refractivity contribution in [2.45, 2.75) is 32.6 Å². The van der Waals surface area contributed by atoms with E-state index in [1.807, 2.05) is 6.92 Å². The van der Waals surface area contributed by atoms with Crippen LogP contribution in [-0.2, 0) is 4.74 Å². The number of nitrogens with two attached hydrogens (primary N) is 1. The highest BCUT2D eigenvalue weighted by atomic mass is 19.2. The summed E-state index contributed by atoms with van der Waals surface area (Å²) in [6, 6.07) is 0.454. The summed E-state index contributed by atoms with van der Waals surface area (Å²) in [5.74, 6) is -5.22. The SMILES string of the molecule is CCCCCCOC(=O)c1cc(F)c(F)c(N)c1F. The quantitative estimate of drug-likeness (QED) is 0.374. The molecule has 0 amide bonds. The molecule has 0 radical (unpaired) electrons. The summed E-state index contributed by atoms with van der Waals surface area (Å²) in [4.78, 5) is 11.5. The van der Waals surface area contributed by atoms with Crippen molar-refractivity contribution in [3.8, 4) is 0 Å². The van der Waals surface area contributed by atoms with Crippen molar-refractivity contribution in [2.24, 2.45) is 0 Å². The van der Waals surface area contributed by atoms with Crippen molar-refractivity contribution >= 4 is 11.7 Å². The minimum atomic E-state index is -1.50. The van der Waals surface area contributed by atoms with Crippen molar-refractivity contribution in [2.75, 3.05) is 12.3 Å². The van der Waals surface area contributed by atoms with Gasteiger partial charge in [0.2, 0.25) is 0 Å². The lowest BCUT2D eigenvalue weighted by Crippen LogP contribution is -2.12. The molecule has 0 atom stereocenters. The van der Waals surface area contributed by atoms with Gasteiger partial charge in [-0.05, 0) is 12.5 Å². The minimum absolute atomic E-state index is 0.108. The molecule has 2 N–H and O–H groups in total. The van der Waals surface area contributed by atoms with Crippen LogP contribution in [0.5, 0.6) is 0 Å². The zero-order valence-electron chi connectivity index (χ0n) is 10.6. The van der Waals surface area contributed by atoms with E-state index in [0.29, 0.717) is 12.5 Å². The van der Waals surface area contributed by atoms with E-state index >= 15 is 0 Å². The summed E-state index contributed by atoms with van der Waals surface area (Å²) in [6.07, 6.45) is 3.55. The summed E-state index contributed by atoms with van der Waals surface area (Å²) < 4.78 is 44.2. The number of rotatable bonds is 6. The fourth-order valence-corrected chi connectivity index (χ4v) is 1.54. The van der Waals surface area contributed by atoms with E-state index in [1.165, 1.54) is 0 Å². The molecular weight excluding hydrogens is 259 g/mol. The number of carbonyl (C=O) groups excluding carboxylic acids is 1. The van der Waals surface area contributed by atoms with E-state index in [1.54, 1.807) is 0 Å². The van der Waals surface area contributed by atoms with E-state index in [0.717, 1.165) is 19.3 Å². The maximum absolute atomic E-state index is 13.5. The average molecular weight is 275 g/mol. The Morgan fingerprint density at radius 3 is 2.53 bits per heavy atom. The van der Waals surface area contributed by atoms with Gasteiger partial charge in [0.15, 0.2) is 17.5 Å². The highest BCUT2D eigenvalue weighted by Crippen LogP contribution is 2.22. The fraction of sp³-hybridized carbons (Fsp3) is 0.462. The molecule has 6 heteroatoms. The van der Waals surface area contributed by atoms with Crippen LogP contribution in [0, 0.1) is 17.5 Å². The molecule has 0 saturated heterocycles. The molecule has 0 fully saturated rings. The Kier molecular flexibility index (Phi) is 5.66. The number of halogens is 3. The molecular formula is C13H16F3NO2. The Hall–Kier alpha value is -1.72. The smallest absolute Gasteiger partial charge is 0.341 e. The van der Waals surface area contributed by atoms with Crippen molar-refractivity contribution in [3.05, 3.63) is 29.1 Å². The number of ether oxygens (including phenoxy) is 1. The molecule has 3 nitrogen and oxygen atoms in total. The lowest BCUT2D eigenvalue weighted by molar-refractivity contribution is 0.0492. The van der Waals surface area contributed by atoms with Crippen molar-refractivity contribution in [1.82, 2.24) is 0 Å². The first-order valence-electron chi connectivity index (χ1n) is 6.09. The third-order valence-corrected chi connectivity index (χ3v) is 2.64. The Morgan fingerprint density at radius 2 is 1.89 bits per heavy atom. The van der Waals surface area contributed by atoms with Crippen LogP contribution in [0.25, 0.3) is 0 Å². The van der Waals surface area contributed by atoms with Gasteiger partial charge in [0.1, 0.15) is 11.3 Å². The van der Waals surface area contributed by atoms with Crippen molar-refractivity contribution in [1.29, 1.82) is 0 Å². The Labute approximate surface area is 109 Å². The van der Waals surface area contributed by atoms with Crippen LogP contribution in [0.1, 0.15) is 43.0 Å². The normalized spacial score (nSPS) is 10.5. The number of unbranched alkanes of at least 4 members (excludes halogenated alkanes) is 3. The fourth-order valence-electron chi connectivity index (χ4n) is 1.54. The maximum atomic E-state index is 13.5. The number of hydrogen-bond donors (Lipinski definition) is 1. The molecule has 0 bridgehead atoms. The largest absolute Gasteiger partial charge is 0.462 e. The van der Waals surface area contributed by atoms with E-state index in [9.17, 15) is 18.0 Å². The maximum Gasteiger partial charge on any atom is 0.341 e. The first-order valence-corrected chi connectivity index (χ1v) is 6.09. The third-order valence-electron chi connectivity index (χ3n) is 2.64. The third kappa shape index (κ3) is 3.87. The van der Waals surface area contributed by atoms with Gasteiger partial charge in [0.05, 0.1) is 6.61 Å². The van der Waals surface area contributed by atoms with Gasteiger partial charge in [-0.15, -0.1) is 0 Å². The van der Waals surface area contributed by atoms with E-state index in [2.05, 4.69) is 0 Å². The number of carbonyl (C=O) groups is 1. The molecule has 0 aliphatic rings. The van der Waals surface area contributed by atoms with Crippen LogP contribution < -0.4 is 5.73 Å². The first kappa shape index (κ1) is 15.3. The predicted octanol–water partition coefficient (Wildman–Crippen LogP) is 3.42. The van der Waals surface area contributed by atoms with Crippen molar-refractivity contribution in [3.63, 3.8) is 0 Å². The Bertz CT molecular complexity index is 464. The average Bonchev–Trinajstić information content (AvgIpc) is 2.40. The Balaban J connectivity index is 2.67. The lowest BCUT2D eigenvalue weighted by atomic mass is 10.1. The summed E-state index contributed by atoms with van der Waals surface area (Å²) in [7, 11) is 0. The van der Waals surface area contributed by atoms with Crippen LogP contribution in [0.15, 0.2) is 6.07 Å². The van der Waals surface area contributed by atoms with Crippen LogP contribution in [0.3, 0.4) is 0 Å². The molecule has 0 aliphatic carbocycles. The van der Waals surface area contributed by atoms with E-state index in [4.69, 9.17) is 10.5 Å². The van der Waals surface area contributed by atoms with Gasteiger partial charge in [0.25, 0.3) is 0 Å². The molecule has 0 aliphatic heterocycles. The van der Waals surface area contributed by atoms with E-state index < -0.39 is 34.7 Å². The molecule has 106 valence electrons. The topological polar surface area (TPSA) is 52.3 Å². The van der Waals surface area contributed by atoms with Gasteiger partial charge in [0, 0.05) is 0 Å². The molecule has 1 aromatic carbocycles. The van der Waals surface area contributed by atoms with Gasteiger partial charge in [-0.1, -0.05) is 26.2 Å². The summed E-state index contributed by atoms with van der Waals surface area (Å²) in [5.41, 5.74) is 3.31. The molecule has 0 saturated carbocycles. The highest BCUT2D eigenvalue weighted by molar-refractivity contribution is 5.90. The Morgan fingerprint density at radius 1 is 1.21 bits per heavy atom. The first-order chi connectivity index (χ1) is 8.99. The van der Waals surface area contributed by atoms with Crippen LogP contribution in [0.2, 0.25) is 0 Å². The monoisotopic (exact) mass is 275 g/mol. The highest BCUT2D eigenvalue weighted by Gasteiger charge is 2.21. The lowest BCUT2D eigenvalue weighted by Gasteiger charge is -2.08. The summed E-state index contributed by atoms with van der Waals surface area (Å²) in [5, 5.41) is 0. The number of hydrogen-bond acceptors (Lipinski definition) is 3. The van der Waals surface area contributed by atoms with Gasteiger partial charge >= 0.3 is 5.97 Å². The predicted molar refractivity (Wildman–Crippen MR) is 65.2 cm³/mol. The number of benzene rings is 1. The second kappa shape index (κ2) is 7.01. The molecule has 19 heavy (non-hydrogen) atoms. The second-order valence-electron chi connectivity index (χ2n) is 4.14. The minimum Gasteiger partial charge on any atom is -0.462 e. The summed E-state index contributed by atoms with van der Waals surface area (Å²) in [6.45, 7) is 2.14. The van der Waals surface area contributed by atoms with Crippen LogP contribution in [-0.4, -0.2) is 12.6 Å². The second-order valence-corrected chi connectivity index (χ2v) is 4.14. The van der Waals surface area contributed by atoms with Crippen LogP contribution in [0.4, 0.5) is 18.9 Å². The number of nitrogen functional groups attached to an aromatic ring is 1. The van der Waals surface area contributed by atoms with E-state index in [-0.39, 0.29) is 6.61 Å². The zero-order chi connectivity index (χ0) is 14.4. The molecule has 0 unspecified atom stereocenters. The van der Waals surface area contributed by atoms with Gasteiger partial charge in [-0.25, -0.2) is 18.0 Å². The molecule has 1 rings (SSSR count).